The van der Waals surface area contributed by atoms with Crippen molar-refractivity contribution in [1.29, 1.82) is 0 Å². The van der Waals surface area contributed by atoms with Crippen LogP contribution >= 0.6 is 0 Å². The van der Waals surface area contributed by atoms with Gasteiger partial charge in [-0.05, 0) is 98.5 Å². The molecule has 0 radical (unpaired) electrons. The van der Waals surface area contributed by atoms with E-state index in [4.69, 9.17) is 4.74 Å². The highest BCUT2D eigenvalue weighted by molar-refractivity contribution is 5.31. The summed E-state index contributed by atoms with van der Waals surface area (Å²) in [4.78, 5) is 0. The van der Waals surface area contributed by atoms with Crippen molar-refractivity contribution >= 4 is 0 Å². The van der Waals surface area contributed by atoms with Gasteiger partial charge in [-0.3, -0.25) is 0 Å². The molecular formula is C25H37FO. The lowest BCUT2D eigenvalue weighted by atomic mass is 9.60. The maximum Gasteiger partial charge on any atom is 0.130 e. The Balaban J connectivity index is 1.34. The first kappa shape index (κ1) is 19.3. The maximum atomic E-state index is 14.5. The number of rotatable bonds is 4. The molecule has 4 atom stereocenters. The summed E-state index contributed by atoms with van der Waals surface area (Å²) in [6.07, 6.45) is 15.3. The third kappa shape index (κ3) is 4.20. The molecule has 4 unspecified atom stereocenters. The third-order valence-corrected chi connectivity index (χ3v) is 8.44. The molecule has 0 saturated heterocycles. The van der Waals surface area contributed by atoms with Gasteiger partial charge in [0.25, 0.3) is 0 Å². The van der Waals surface area contributed by atoms with Gasteiger partial charge in [0.1, 0.15) is 11.6 Å². The molecule has 3 aliphatic carbocycles. The maximum absolute atomic E-state index is 14.5. The lowest BCUT2D eigenvalue weighted by Crippen LogP contribution is -2.34. The third-order valence-electron chi connectivity index (χ3n) is 8.44. The van der Waals surface area contributed by atoms with Gasteiger partial charge in [-0.15, -0.1) is 0 Å². The van der Waals surface area contributed by atoms with E-state index in [2.05, 4.69) is 6.92 Å². The van der Waals surface area contributed by atoms with Gasteiger partial charge in [0.2, 0.25) is 0 Å². The largest absolute Gasteiger partial charge is 0.497 e. The summed E-state index contributed by atoms with van der Waals surface area (Å²) in [5.74, 6) is 5.70. The van der Waals surface area contributed by atoms with Crippen LogP contribution in [0.5, 0.6) is 5.75 Å². The van der Waals surface area contributed by atoms with E-state index in [1.165, 1.54) is 70.6 Å². The summed E-state index contributed by atoms with van der Waals surface area (Å²) in [6.45, 7) is 2.36. The fourth-order valence-corrected chi connectivity index (χ4v) is 6.67. The Labute approximate surface area is 165 Å². The highest BCUT2D eigenvalue weighted by Crippen LogP contribution is 2.51. The van der Waals surface area contributed by atoms with Gasteiger partial charge >= 0.3 is 0 Å². The normalized spacial score (nSPS) is 36.9. The van der Waals surface area contributed by atoms with Crippen LogP contribution < -0.4 is 4.74 Å². The number of ether oxygens (including phenoxy) is 1. The van der Waals surface area contributed by atoms with Gasteiger partial charge in [0.05, 0.1) is 7.11 Å². The summed E-state index contributed by atoms with van der Waals surface area (Å²) in [7, 11) is 1.60. The molecule has 0 aliphatic heterocycles. The molecule has 3 aliphatic rings. The summed E-state index contributed by atoms with van der Waals surface area (Å²) >= 11 is 0. The molecule has 1 nitrogen and oxygen atoms in total. The number of hydrogen-bond donors (Lipinski definition) is 0. The fourth-order valence-electron chi connectivity index (χ4n) is 6.67. The monoisotopic (exact) mass is 372 g/mol. The summed E-state index contributed by atoms with van der Waals surface area (Å²) in [5.41, 5.74) is 0.925. The van der Waals surface area contributed by atoms with Gasteiger partial charge in [-0.25, -0.2) is 4.39 Å². The van der Waals surface area contributed by atoms with E-state index in [0.717, 1.165) is 35.2 Å². The molecule has 0 aromatic heterocycles. The molecule has 0 amide bonds. The topological polar surface area (TPSA) is 9.23 Å². The minimum Gasteiger partial charge on any atom is -0.497 e. The molecule has 0 heterocycles. The van der Waals surface area contributed by atoms with E-state index in [-0.39, 0.29) is 5.82 Å². The lowest BCUT2D eigenvalue weighted by molar-refractivity contribution is 0.0712. The van der Waals surface area contributed by atoms with Gasteiger partial charge in [0, 0.05) is 6.07 Å². The first-order valence-electron chi connectivity index (χ1n) is 11.5. The number of methoxy groups -OCH3 is 1. The zero-order chi connectivity index (χ0) is 18.8. The van der Waals surface area contributed by atoms with Gasteiger partial charge < -0.3 is 4.74 Å². The number of benzene rings is 1. The molecule has 0 spiro atoms. The SMILES string of the molecule is CCC1CCC(C2CCC3CC(c4ccc(OC)cc4F)CCC3C2)CC1. The average Bonchev–Trinajstić information content (AvgIpc) is 2.73. The zero-order valence-corrected chi connectivity index (χ0v) is 17.3. The number of hydrogen-bond acceptors (Lipinski definition) is 1. The van der Waals surface area contributed by atoms with E-state index in [9.17, 15) is 4.39 Å². The fraction of sp³-hybridized carbons (Fsp3) is 0.760. The van der Waals surface area contributed by atoms with Crippen molar-refractivity contribution < 1.29 is 9.13 Å². The Morgan fingerprint density at radius 2 is 1.48 bits per heavy atom. The average molecular weight is 373 g/mol. The molecular weight excluding hydrogens is 335 g/mol. The first-order valence-corrected chi connectivity index (χ1v) is 11.5. The van der Waals surface area contributed by atoms with Crippen molar-refractivity contribution in [2.45, 2.75) is 83.5 Å². The predicted octanol–water partition coefficient (Wildman–Crippen LogP) is 7.35. The van der Waals surface area contributed by atoms with Gasteiger partial charge in [-0.1, -0.05) is 32.3 Å². The van der Waals surface area contributed by atoms with Crippen LogP contribution in [0.15, 0.2) is 18.2 Å². The van der Waals surface area contributed by atoms with Crippen LogP contribution in [0, 0.1) is 35.4 Å². The van der Waals surface area contributed by atoms with E-state index >= 15 is 0 Å². The Kier molecular flexibility index (Phi) is 6.09. The standard InChI is InChI=1S/C25H37FO/c1-3-17-4-6-18(7-5-17)19-8-9-21-15-22(11-10-20(21)14-19)24-13-12-23(27-2)16-25(24)26/h12-13,16-22H,3-11,14-15H2,1-2H3. The zero-order valence-electron chi connectivity index (χ0n) is 17.3. The second kappa shape index (κ2) is 8.53. The van der Waals surface area contributed by atoms with Crippen molar-refractivity contribution in [2.75, 3.05) is 7.11 Å². The van der Waals surface area contributed by atoms with Crippen LogP contribution in [0.25, 0.3) is 0 Å². The van der Waals surface area contributed by atoms with Gasteiger partial charge in [-0.2, -0.15) is 0 Å². The minimum absolute atomic E-state index is 0.0702. The van der Waals surface area contributed by atoms with Crippen LogP contribution in [0.1, 0.15) is 89.0 Å². The van der Waals surface area contributed by atoms with Crippen molar-refractivity contribution in [3.05, 3.63) is 29.6 Å². The predicted molar refractivity (Wildman–Crippen MR) is 110 cm³/mol. The van der Waals surface area contributed by atoms with E-state index < -0.39 is 0 Å². The Morgan fingerprint density at radius 3 is 2.15 bits per heavy atom. The van der Waals surface area contributed by atoms with Gasteiger partial charge in [0.15, 0.2) is 0 Å². The Bertz CT molecular complexity index is 619. The molecule has 3 saturated carbocycles. The quantitative estimate of drug-likeness (QED) is 0.537. The van der Waals surface area contributed by atoms with Crippen LogP contribution in [-0.2, 0) is 0 Å². The van der Waals surface area contributed by atoms with Crippen molar-refractivity contribution in [3.63, 3.8) is 0 Å². The lowest BCUT2D eigenvalue weighted by Gasteiger charge is -2.45. The molecule has 3 fully saturated rings. The smallest absolute Gasteiger partial charge is 0.130 e. The van der Waals surface area contributed by atoms with E-state index in [1.807, 2.05) is 12.1 Å². The Hall–Kier alpha value is -1.05. The van der Waals surface area contributed by atoms with E-state index in [1.54, 1.807) is 13.2 Å². The summed E-state index contributed by atoms with van der Waals surface area (Å²) < 4.78 is 19.7. The number of halogens is 1. The van der Waals surface area contributed by atoms with Crippen molar-refractivity contribution in [2.24, 2.45) is 29.6 Å². The van der Waals surface area contributed by atoms with E-state index in [0.29, 0.717) is 11.7 Å². The molecule has 4 rings (SSSR count). The highest BCUT2D eigenvalue weighted by Gasteiger charge is 2.39. The first-order chi connectivity index (χ1) is 13.2. The molecule has 2 heteroatoms. The number of fused-ring (bicyclic) bond motifs is 1. The molecule has 150 valence electrons. The molecule has 0 N–H and O–H groups in total. The second-order valence-corrected chi connectivity index (χ2v) is 9.68. The Morgan fingerprint density at radius 1 is 0.852 bits per heavy atom. The minimum atomic E-state index is -0.0702. The van der Waals surface area contributed by atoms with Crippen molar-refractivity contribution in [3.8, 4) is 5.75 Å². The summed E-state index contributed by atoms with van der Waals surface area (Å²) in [5, 5.41) is 0. The molecule has 1 aromatic rings. The molecule has 1 aromatic carbocycles. The van der Waals surface area contributed by atoms with Crippen molar-refractivity contribution in [1.82, 2.24) is 0 Å². The molecule has 0 bridgehead atoms. The molecule has 27 heavy (non-hydrogen) atoms. The second-order valence-electron chi connectivity index (χ2n) is 9.68. The van der Waals surface area contributed by atoms with Crippen LogP contribution in [0.3, 0.4) is 0 Å². The van der Waals surface area contributed by atoms with Crippen LogP contribution in [0.2, 0.25) is 0 Å². The van der Waals surface area contributed by atoms with Crippen LogP contribution in [-0.4, -0.2) is 7.11 Å². The summed E-state index contributed by atoms with van der Waals surface area (Å²) in [6, 6.07) is 5.45. The highest BCUT2D eigenvalue weighted by atomic mass is 19.1. The van der Waals surface area contributed by atoms with Crippen LogP contribution in [0.4, 0.5) is 4.39 Å².